The highest BCUT2D eigenvalue weighted by Gasteiger charge is 2.02. The average Bonchev–Trinajstić information content (AvgIpc) is 1.85. The molecule has 1 aromatic heterocycles. The van der Waals surface area contributed by atoms with Crippen LogP contribution in [0.1, 0.15) is 11.4 Å². The summed E-state index contributed by atoms with van der Waals surface area (Å²) in [5.74, 6) is 0. The van der Waals surface area contributed by atoms with Gasteiger partial charge in [-0.2, -0.15) is 4.98 Å². The smallest absolute Gasteiger partial charge is 0.309 e. The number of aryl methyl sites for hydroxylation is 2. The highest BCUT2D eigenvalue weighted by molar-refractivity contribution is 7.98. The molecule has 0 saturated carbocycles. The first-order chi connectivity index (χ1) is 5.15. The van der Waals surface area contributed by atoms with E-state index in [0.717, 1.165) is 16.3 Å². The molecule has 0 aliphatic carbocycles. The van der Waals surface area contributed by atoms with Crippen LogP contribution in [0.25, 0.3) is 0 Å². The second-order valence-electron chi connectivity index (χ2n) is 2.29. The molecule has 0 bridgehead atoms. The van der Waals surface area contributed by atoms with Crippen LogP contribution in [0.5, 0.6) is 0 Å². The van der Waals surface area contributed by atoms with Crippen molar-refractivity contribution >= 4 is 11.8 Å². The predicted molar refractivity (Wildman–Crippen MR) is 46.1 cm³/mol. The fourth-order valence-corrected chi connectivity index (χ4v) is 1.72. The van der Waals surface area contributed by atoms with Crippen molar-refractivity contribution in [3.63, 3.8) is 0 Å². The number of hydrogen-bond acceptors (Lipinski definition) is 3. The second-order valence-corrected chi connectivity index (χ2v) is 3.10. The molecule has 0 aromatic carbocycles. The molecule has 1 N–H and O–H groups in total. The van der Waals surface area contributed by atoms with E-state index < -0.39 is 0 Å². The Balaban J connectivity index is 3.36. The lowest BCUT2D eigenvalue weighted by atomic mass is 10.3. The van der Waals surface area contributed by atoms with Gasteiger partial charge in [0.05, 0.1) is 5.69 Å². The monoisotopic (exact) mass is 170 g/mol. The van der Waals surface area contributed by atoms with Gasteiger partial charge in [0.1, 0.15) is 0 Å². The lowest BCUT2D eigenvalue weighted by Crippen LogP contribution is -2.13. The molecule has 4 heteroatoms. The number of H-pyrrole nitrogens is 1. The first kappa shape index (κ1) is 8.33. The minimum atomic E-state index is -0.266. The first-order valence-corrected chi connectivity index (χ1v) is 4.49. The lowest BCUT2D eigenvalue weighted by Gasteiger charge is -2.02. The maximum Gasteiger partial charge on any atom is 0.345 e. The number of nitrogens with zero attached hydrogens (tertiary/aromatic N) is 1. The summed E-state index contributed by atoms with van der Waals surface area (Å²) in [6, 6.07) is 0. The average molecular weight is 170 g/mol. The third-order valence-corrected chi connectivity index (χ3v) is 2.45. The number of thioether (sulfide) groups is 1. The van der Waals surface area contributed by atoms with Crippen molar-refractivity contribution < 1.29 is 0 Å². The fourth-order valence-electron chi connectivity index (χ4n) is 1.02. The molecule has 3 nitrogen and oxygen atoms in total. The highest BCUT2D eigenvalue weighted by atomic mass is 32.2. The molecule has 0 amide bonds. The van der Waals surface area contributed by atoms with Crippen LogP contribution >= 0.6 is 11.8 Å². The molecule has 1 rings (SSSR count). The second kappa shape index (κ2) is 3.09. The molecule has 1 aromatic rings. The molecule has 0 fully saturated rings. The Morgan fingerprint density at radius 3 is 2.55 bits per heavy atom. The summed E-state index contributed by atoms with van der Waals surface area (Å²) in [5.41, 5.74) is 1.44. The third kappa shape index (κ3) is 1.63. The standard InChI is InChI=1S/C7H10N2OS/c1-4-6(11-3)5(2)9-7(10)8-4/h1-3H3,(H,8,9,10). The van der Waals surface area contributed by atoms with E-state index in [1.54, 1.807) is 11.8 Å². The fraction of sp³-hybridized carbons (Fsp3) is 0.429. The van der Waals surface area contributed by atoms with Crippen molar-refractivity contribution in [2.45, 2.75) is 18.7 Å². The van der Waals surface area contributed by atoms with Crippen LogP contribution in [0.2, 0.25) is 0 Å². The van der Waals surface area contributed by atoms with Gasteiger partial charge in [-0.1, -0.05) is 0 Å². The van der Waals surface area contributed by atoms with E-state index in [2.05, 4.69) is 9.97 Å². The van der Waals surface area contributed by atoms with Gasteiger partial charge in [0.15, 0.2) is 0 Å². The molecule has 0 atom stereocenters. The van der Waals surface area contributed by atoms with E-state index in [4.69, 9.17) is 0 Å². The van der Waals surface area contributed by atoms with E-state index in [1.165, 1.54) is 0 Å². The molecule has 0 saturated heterocycles. The van der Waals surface area contributed by atoms with Gasteiger partial charge in [0.25, 0.3) is 0 Å². The number of rotatable bonds is 1. The Morgan fingerprint density at radius 1 is 1.45 bits per heavy atom. The van der Waals surface area contributed by atoms with E-state index in [1.807, 2.05) is 20.1 Å². The van der Waals surface area contributed by atoms with E-state index in [9.17, 15) is 4.79 Å². The Hall–Kier alpha value is -0.770. The van der Waals surface area contributed by atoms with Gasteiger partial charge in [0, 0.05) is 10.6 Å². The van der Waals surface area contributed by atoms with Crippen LogP contribution in [0.15, 0.2) is 9.69 Å². The minimum Gasteiger partial charge on any atom is -0.309 e. The molecule has 0 unspecified atom stereocenters. The van der Waals surface area contributed by atoms with Crippen LogP contribution in [0.3, 0.4) is 0 Å². The topological polar surface area (TPSA) is 45.8 Å². The van der Waals surface area contributed by atoms with Gasteiger partial charge < -0.3 is 4.98 Å². The Kier molecular flexibility index (Phi) is 2.34. The van der Waals surface area contributed by atoms with Crippen LogP contribution in [0.4, 0.5) is 0 Å². The molecule has 60 valence electrons. The molecular formula is C7H10N2OS. The number of aromatic amines is 1. The Morgan fingerprint density at radius 2 is 2.09 bits per heavy atom. The maximum absolute atomic E-state index is 10.8. The Labute approximate surface area is 69.3 Å². The van der Waals surface area contributed by atoms with Crippen molar-refractivity contribution in [1.29, 1.82) is 0 Å². The lowest BCUT2D eigenvalue weighted by molar-refractivity contribution is 0.925. The molecule has 11 heavy (non-hydrogen) atoms. The van der Waals surface area contributed by atoms with Gasteiger partial charge in [-0.05, 0) is 20.1 Å². The zero-order valence-electron chi connectivity index (χ0n) is 6.76. The number of aromatic nitrogens is 2. The summed E-state index contributed by atoms with van der Waals surface area (Å²) in [4.78, 5) is 18.3. The molecule has 0 aliphatic rings. The molecule has 1 heterocycles. The van der Waals surface area contributed by atoms with Gasteiger partial charge in [-0.25, -0.2) is 4.79 Å². The highest BCUT2D eigenvalue weighted by Crippen LogP contribution is 2.18. The van der Waals surface area contributed by atoms with Crippen LogP contribution in [0, 0.1) is 13.8 Å². The zero-order valence-corrected chi connectivity index (χ0v) is 7.58. The van der Waals surface area contributed by atoms with Gasteiger partial charge >= 0.3 is 5.69 Å². The summed E-state index contributed by atoms with van der Waals surface area (Å²) in [5, 5.41) is 0. The molecule has 0 aliphatic heterocycles. The quantitative estimate of drug-likeness (QED) is 0.642. The SMILES string of the molecule is CSc1c(C)nc(=O)[nH]c1C. The number of nitrogens with one attached hydrogen (secondary N) is 1. The molecule has 0 spiro atoms. The molecule has 0 radical (unpaired) electrons. The van der Waals surface area contributed by atoms with Gasteiger partial charge in [-0.15, -0.1) is 11.8 Å². The van der Waals surface area contributed by atoms with Gasteiger partial charge in [-0.3, -0.25) is 0 Å². The predicted octanol–water partition coefficient (Wildman–Crippen LogP) is 1.11. The summed E-state index contributed by atoms with van der Waals surface area (Å²) in [6.07, 6.45) is 1.97. The van der Waals surface area contributed by atoms with Crippen LogP contribution in [-0.2, 0) is 0 Å². The summed E-state index contributed by atoms with van der Waals surface area (Å²) in [6.45, 7) is 3.72. The third-order valence-electron chi connectivity index (χ3n) is 1.44. The van der Waals surface area contributed by atoms with Crippen molar-refractivity contribution in [2.75, 3.05) is 6.26 Å². The van der Waals surface area contributed by atoms with Crippen molar-refractivity contribution in [3.8, 4) is 0 Å². The summed E-state index contributed by atoms with van der Waals surface area (Å²) in [7, 11) is 0. The van der Waals surface area contributed by atoms with Crippen LogP contribution < -0.4 is 5.69 Å². The van der Waals surface area contributed by atoms with E-state index in [-0.39, 0.29) is 5.69 Å². The minimum absolute atomic E-state index is 0.266. The van der Waals surface area contributed by atoms with Gasteiger partial charge in [0.2, 0.25) is 0 Å². The largest absolute Gasteiger partial charge is 0.345 e. The zero-order chi connectivity index (χ0) is 8.43. The maximum atomic E-state index is 10.8. The first-order valence-electron chi connectivity index (χ1n) is 3.26. The van der Waals surface area contributed by atoms with Crippen LogP contribution in [-0.4, -0.2) is 16.2 Å². The Bertz CT molecular complexity index is 292. The summed E-state index contributed by atoms with van der Waals surface area (Å²) < 4.78 is 0. The van der Waals surface area contributed by atoms with Crippen molar-refractivity contribution in [3.05, 3.63) is 21.9 Å². The van der Waals surface area contributed by atoms with Crippen molar-refractivity contribution in [1.82, 2.24) is 9.97 Å². The van der Waals surface area contributed by atoms with Crippen molar-refractivity contribution in [2.24, 2.45) is 0 Å². The number of hydrogen-bond donors (Lipinski definition) is 1. The molecular weight excluding hydrogens is 160 g/mol. The van der Waals surface area contributed by atoms with E-state index >= 15 is 0 Å². The summed E-state index contributed by atoms with van der Waals surface area (Å²) >= 11 is 1.60. The normalized spacial score (nSPS) is 10.1. The van der Waals surface area contributed by atoms with E-state index in [0.29, 0.717) is 0 Å².